The quantitative estimate of drug-likeness (QED) is 0.397. The molecule has 0 atom stereocenters. The Hall–Kier alpha value is -2.73. The third-order valence-electron chi connectivity index (χ3n) is 3.44. The Morgan fingerprint density at radius 3 is 2.42 bits per heavy atom. The lowest BCUT2D eigenvalue weighted by Gasteiger charge is -2.13. The lowest BCUT2D eigenvalue weighted by Crippen LogP contribution is -2.20. The normalized spacial score (nSPS) is 11.0. The minimum Gasteiger partial charge on any atom is -0.493 e. The van der Waals surface area contributed by atoms with Crippen LogP contribution in [0.25, 0.3) is 0 Å². The molecule has 0 saturated carbocycles. The Labute approximate surface area is 157 Å². The van der Waals surface area contributed by atoms with Crippen LogP contribution in [0.2, 0.25) is 5.02 Å². The number of methoxy groups -OCH3 is 2. The highest BCUT2D eigenvalue weighted by Gasteiger charge is 2.23. The van der Waals surface area contributed by atoms with Gasteiger partial charge in [0.15, 0.2) is 17.2 Å². The Kier molecular flexibility index (Phi) is 7.29. The highest BCUT2D eigenvalue weighted by atomic mass is 35.5. The third kappa shape index (κ3) is 4.67. The molecule has 0 radical (unpaired) electrons. The van der Waals surface area contributed by atoms with Gasteiger partial charge in [-0.1, -0.05) is 47.1 Å². The van der Waals surface area contributed by atoms with Crippen molar-refractivity contribution in [2.75, 3.05) is 20.8 Å². The van der Waals surface area contributed by atoms with E-state index in [1.165, 1.54) is 14.2 Å². The van der Waals surface area contributed by atoms with Crippen molar-refractivity contribution >= 4 is 23.3 Å². The zero-order valence-electron chi connectivity index (χ0n) is 14.8. The van der Waals surface area contributed by atoms with Crippen molar-refractivity contribution in [3.05, 3.63) is 58.6 Å². The molecule has 6 nitrogen and oxygen atoms in total. The molecule has 0 amide bonds. The molecule has 0 heterocycles. The third-order valence-corrected chi connectivity index (χ3v) is 3.81. The summed E-state index contributed by atoms with van der Waals surface area (Å²) in [6.07, 6.45) is 0. The van der Waals surface area contributed by atoms with E-state index in [2.05, 4.69) is 5.16 Å². The number of hydrogen-bond acceptors (Lipinski definition) is 6. The predicted octanol–water partition coefficient (Wildman–Crippen LogP) is 3.84. The number of nitrogens with zero attached hydrogens (tertiary/aromatic N) is 1. The second-order valence-corrected chi connectivity index (χ2v) is 5.46. The van der Waals surface area contributed by atoms with Gasteiger partial charge in [0, 0.05) is 5.56 Å². The van der Waals surface area contributed by atoms with Crippen LogP contribution in [-0.4, -0.2) is 32.5 Å². The number of carbonyl (C=O) groups is 1. The van der Waals surface area contributed by atoms with E-state index < -0.39 is 5.97 Å². The Bertz CT molecular complexity index is 777. The van der Waals surface area contributed by atoms with Crippen molar-refractivity contribution in [3.63, 3.8) is 0 Å². The van der Waals surface area contributed by atoms with Crippen LogP contribution in [0.3, 0.4) is 0 Å². The molecule has 0 unspecified atom stereocenters. The van der Waals surface area contributed by atoms with Gasteiger partial charge in [0.25, 0.3) is 0 Å². The molecule has 2 aromatic rings. The molecule has 0 aliphatic carbocycles. The molecule has 0 aliphatic heterocycles. The summed E-state index contributed by atoms with van der Waals surface area (Å²) >= 11 is 6.38. The van der Waals surface area contributed by atoms with Gasteiger partial charge < -0.3 is 19.0 Å². The number of hydrogen-bond donors (Lipinski definition) is 0. The van der Waals surface area contributed by atoms with E-state index in [9.17, 15) is 4.79 Å². The smallest absolute Gasteiger partial charge is 0.361 e. The van der Waals surface area contributed by atoms with Gasteiger partial charge in [0.05, 0.1) is 25.8 Å². The molecule has 7 heteroatoms. The summed E-state index contributed by atoms with van der Waals surface area (Å²) in [7, 11) is 2.96. The van der Waals surface area contributed by atoms with E-state index in [0.29, 0.717) is 17.1 Å². The number of halogens is 1. The topological polar surface area (TPSA) is 66.4 Å². The molecule has 0 fully saturated rings. The molecular weight excluding hydrogens is 358 g/mol. The van der Waals surface area contributed by atoms with Crippen molar-refractivity contribution in [1.29, 1.82) is 0 Å². The number of esters is 1. The predicted molar refractivity (Wildman–Crippen MR) is 99.0 cm³/mol. The molecule has 0 bridgehead atoms. The van der Waals surface area contributed by atoms with E-state index in [-0.39, 0.29) is 23.9 Å². The summed E-state index contributed by atoms with van der Waals surface area (Å²) in [5.74, 6) is 0.0936. The summed E-state index contributed by atoms with van der Waals surface area (Å²) in [6.45, 7) is 2.10. The largest absolute Gasteiger partial charge is 0.493 e. The van der Waals surface area contributed by atoms with Crippen molar-refractivity contribution in [2.24, 2.45) is 5.16 Å². The minimum atomic E-state index is -0.644. The van der Waals surface area contributed by atoms with Crippen LogP contribution in [0.4, 0.5) is 0 Å². The number of rotatable bonds is 8. The van der Waals surface area contributed by atoms with Crippen LogP contribution in [0.15, 0.2) is 47.6 Å². The molecular formula is C19H20ClNO5. The van der Waals surface area contributed by atoms with Gasteiger partial charge in [-0.2, -0.15) is 0 Å². The molecule has 0 saturated heterocycles. The summed E-state index contributed by atoms with van der Waals surface area (Å²) < 4.78 is 15.5. The standard InChI is InChI=1S/C19H20ClNO5/c1-4-25-19(22)17(21-26-12-13-8-6-5-7-9-13)14-10-11-15(23-2)18(24-3)16(14)20/h5-11H,4,12H2,1-3H3/b21-17-. The molecule has 0 aromatic heterocycles. The van der Waals surface area contributed by atoms with E-state index in [1.54, 1.807) is 19.1 Å². The first kappa shape index (κ1) is 19.6. The number of ether oxygens (including phenoxy) is 3. The molecule has 138 valence electrons. The zero-order chi connectivity index (χ0) is 18.9. The fourth-order valence-corrected chi connectivity index (χ4v) is 2.54. The molecule has 0 aliphatic rings. The maximum Gasteiger partial charge on any atom is 0.361 e. The van der Waals surface area contributed by atoms with E-state index in [0.717, 1.165) is 5.56 Å². The lowest BCUT2D eigenvalue weighted by molar-refractivity contribution is -0.135. The second-order valence-electron chi connectivity index (χ2n) is 5.08. The van der Waals surface area contributed by atoms with Gasteiger partial charge in [-0.25, -0.2) is 4.79 Å². The van der Waals surface area contributed by atoms with Crippen molar-refractivity contribution in [1.82, 2.24) is 0 Å². The van der Waals surface area contributed by atoms with Crippen molar-refractivity contribution in [3.8, 4) is 11.5 Å². The van der Waals surface area contributed by atoms with Crippen LogP contribution in [0.5, 0.6) is 11.5 Å². The fourth-order valence-electron chi connectivity index (χ4n) is 2.21. The van der Waals surface area contributed by atoms with Crippen LogP contribution in [0.1, 0.15) is 18.1 Å². The highest BCUT2D eigenvalue weighted by Crippen LogP contribution is 2.37. The van der Waals surface area contributed by atoms with E-state index >= 15 is 0 Å². The van der Waals surface area contributed by atoms with E-state index in [1.807, 2.05) is 30.3 Å². The molecule has 0 spiro atoms. The van der Waals surface area contributed by atoms with Gasteiger partial charge in [0.1, 0.15) is 6.61 Å². The Balaban J connectivity index is 2.35. The van der Waals surface area contributed by atoms with Gasteiger partial charge in [-0.15, -0.1) is 0 Å². The Morgan fingerprint density at radius 1 is 1.08 bits per heavy atom. The van der Waals surface area contributed by atoms with Crippen LogP contribution in [-0.2, 0) is 21.0 Å². The summed E-state index contributed by atoms with van der Waals surface area (Å²) in [5, 5.41) is 4.14. The highest BCUT2D eigenvalue weighted by molar-refractivity contribution is 6.48. The van der Waals surface area contributed by atoms with Crippen LogP contribution >= 0.6 is 11.6 Å². The van der Waals surface area contributed by atoms with Crippen LogP contribution < -0.4 is 9.47 Å². The van der Waals surface area contributed by atoms with Crippen molar-refractivity contribution in [2.45, 2.75) is 13.5 Å². The number of carbonyl (C=O) groups excluding carboxylic acids is 1. The fraction of sp³-hybridized carbons (Fsp3) is 0.263. The molecule has 2 aromatic carbocycles. The first-order chi connectivity index (χ1) is 12.6. The minimum absolute atomic E-state index is 0.0475. The van der Waals surface area contributed by atoms with Gasteiger partial charge >= 0.3 is 5.97 Å². The van der Waals surface area contributed by atoms with Gasteiger partial charge in [-0.05, 0) is 24.6 Å². The SMILES string of the molecule is CCOC(=O)/C(=N\OCc1ccccc1)c1ccc(OC)c(OC)c1Cl. The Morgan fingerprint density at radius 2 is 1.81 bits per heavy atom. The van der Waals surface area contributed by atoms with Crippen molar-refractivity contribution < 1.29 is 23.8 Å². The van der Waals surface area contributed by atoms with Gasteiger partial charge in [0.2, 0.25) is 0 Å². The maximum atomic E-state index is 12.3. The summed E-state index contributed by atoms with van der Waals surface area (Å²) in [4.78, 5) is 17.7. The summed E-state index contributed by atoms with van der Waals surface area (Å²) in [5.41, 5.74) is 1.20. The van der Waals surface area contributed by atoms with Crippen LogP contribution in [0, 0.1) is 0 Å². The molecule has 2 rings (SSSR count). The molecule has 0 N–H and O–H groups in total. The number of oxime groups is 1. The first-order valence-corrected chi connectivity index (χ1v) is 8.32. The summed E-state index contributed by atoms with van der Waals surface area (Å²) in [6, 6.07) is 12.7. The second kappa shape index (κ2) is 9.68. The number of benzene rings is 2. The monoisotopic (exact) mass is 377 g/mol. The average molecular weight is 378 g/mol. The lowest BCUT2D eigenvalue weighted by atomic mass is 10.1. The average Bonchev–Trinajstić information content (AvgIpc) is 2.66. The van der Waals surface area contributed by atoms with Gasteiger partial charge in [-0.3, -0.25) is 0 Å². The van der Waals surface area contributed by atoms with E-state index in [4.69, 9.17) is 30.6 Å². The first-order valence-electron chi connectivity index (χ1n) is 7.94. The molecule has 26 heavy (non-hydrogen) atoms. The zero-order valence-corrected chi connectivity index (χ0v) is 15.6. The maximum absolute atomic E-state index is 12.3.